The van der Waals surface area contributed by atoms with Crippen LogP contribution < -0.4 is 5.84 Å². The van der Waals surface area contributed by atoms with Crippen LogP contribution in [0.5, 0.6) is 0 Å². The van der Waals surface area contributed by atoms with E-state index in [1.807, 2.05) is 0 Å². The zero-order valence-electron chi connectivity index (χ0n) is 10.1. The predicted octanol–water partition coefficient (Wildman–Crippen LogP) is 2.20. The normalized spacial score (nSPS) is 12.2. The second kappa shape index (κ2) is 4.04. The number of hydrogen-bond acceptors (Lipinski definition) is 2. The Morgan fingerprint density at radius 2 is 2.12 bits per heavy atom. The number of aryl methyl sites for hydroxylation is 1. The Kier molecular flexibility index (Phi) is 2.83. The van der Waals surface area contributed by atoms with Crippen LogP contribution in [0, 0.1) is 5.82 Å². The second-order valence-corrected chi connectivity index (χ2v) is 5.04. The molecule has 0 atom stereocenters. The smallest absolute Gasteiger partial charge is 0.123 e. The van der Waals surface area contributed by atoms with Gasteiger partial charge >= 0.3 is 0 Å². The molecule has 0 aliphatic heterocycles. The van der Waals surface area contributed by atoms with Crippen LogP contribution in [0.15, 0.2) is 24.4 Å². The van der Waals surface area contributed by atoms with Crippen molar-refractivity contribution in [1.82, 2.24) is 4.68 Å². The Labute approximate surface area is 99.6 Å². The number of aromatic nitrogens is 1. The number of fused-ring (bicyclic) bond motifs is 1. The first-order chi connectivity index (χ1) is 7.87. The van der Waals surface area contributed by atoms with Crippen LogP contribution in [0.3, 0.4) is 0 Å². The van der Waals surface area contributed by atoms with Gasteiger partial charge in [0.15, 0.2) is 0 Å². The maximum Gasteiger partial charge on any atom is 0.123 e. The lowest BCUT2D eigenvalue weighted by atomic mass is 9.99. The van der Waals surface area contributed by atoms with Crippen molar-refractivity contribution in [2.45, 2.75) is 32.3 Å². The summed E-state index contributed by atoms with van der Waals surface area (Å²) in [7, 11) is 0. The van der Waals surface area contributed by atoms with E-state index < -0.39 is 5.60 Å². The molecule has 0 unspecified atom stereocenters. The highest BCUT2D eigenvalue weighted by atomic mass is 19.1. The molecule has 0 saturated carbocycles. The molecule has 17 heavy (non-hydrogen) atoms. The molecule has 0 aliphatic carbocycles. The van der Waals surface area contributed by atoms with Crippen molar-refractivity contribution in [3.05, 3.63) is 35.8 Å². The molecular formula is C13H17FN2O. The quantitative estimate of drug-likeness (QED) is 0.803. The molecule has 0 amide bonds. The fourth-order valence-corrected chi connectivity index (χ4v) is 1.94. The third kappa shape index (κ3) is 2.58. The summed E-state index contributed by atoms with van der Waals surface area (Å²) >= 11 is 0. The predicted molar refractivity (Wildman–Crippen MR) is 66.7 cm³/mol. The minimum atomic E-state index is -0.726. The number of rotatable bonds is 3. The monoisotopic (exact) mass is 236 g/mol. The van der Waals surface area contributed by atoms with Crippen LogP contribution in [0.1, 0.15) is 25.8 Å². The van der Waals surface area contributed by atoms with Crippen molar-refractivity contribution >= 4 is 10.9 Å². The highest BCUT2D eigenvalue weighted by Crippen LogP contribution is 2.23. The van der Waals surface area contributed by atoms with Gasteiger partial charge in [-0.2, -0.15) is 0 Å². The Balaban J connectivity index is 2.37. The van der Waals surface area contributed by atoms with E-state index in [1.165, 1.54) is 16.8 Å². The lowest BCUT2D eigenvalue weighted by Gasteiger charge is -2.16. The number of nitrogens with zero attached hydrogens (tertiary/aromatic N) is 1. The Bertz CT molecular complexity index is 540. The average molecular weight is 236 g/mol. The Morgan fingerprint density at radius 1 is 1.41 bits per heavy atom. The average Bonchev–Trinajstić information content (AvgIpc) is 2.51. The van der Waals surface area contributed by atoms with Crippen molar-refractivity contribution in [3.63, 3.8) is 0 Å². The van der Waals surface area contributed by atoms with Crippen LogP contribution >= 0.6 is 0 Å². The molecule has 3 nitrogen and oxygen atoms in total. The third-order valence-corrected chi connectivity index (χ3v) is 2.88. The van der Waals surface area contributed by atoms with Crippen LogP contribution in [-0.4, -0.2) is 15.4 Å². The Hall–Kier alpha value is -1.55. The summed E-state index contributed by atoms with van der Waals surface area (Å²) in [5.74, 6) is 5.53. The fraction of sp³-hybridized carbons (Fsp3) is 0.385. The molecule has 1 aromatic carbocycles. The van der Waals surface area contributed by atoms with E-state index in [4.69, 9.17) is 5.84 Å². The van der Waals surface area contributed by atoms with Crippen LogP contribution in [0.25, 0.3) is 10.9 Å². The molecule has 2 rings (SSSR count). The molecular weight excluding hydrogens is 219 g/mol. The van der Waals surface area contributed by atoms with Crippen molar-refractivity contribution in [1.29, 1.82) is 0 Å². The summed E-state index contributed by atoms with van der Waals surface area (Å²) < 4.78 is 14.7. The summed E-state index contributed by atoms with van der Waals surface area (Å²) in [6.07, 6.45) is 3.08. The minimum Gasteiger partial charge on any atom is -0.390 e. The standard InChI is InChI=1S/C13H17FN2O/c1-13(2,17)6-5-9-8-16(15)12-4-3-10(14)7-11(9)12/h3-4,7-8,17H,5-6,15H2,1-2H3. The molecule has 0 fully saturated rings. The molecule has 2 aromatic rings. The number of aliphatic hydroxyl groups is 1. The summed E-state index contributed by atoms with van der Waals surface area (Å²) in [6, 6.07) is 4.54. The van der Waals surface area contributed by atoms with E-state index in [-0.39, 0.29) is 5.82 Å². The SMILES string of the molecule is CC(C)(O)CCc1cn(N)c2ccc(F)cc12. The van der Waals surface area contributed by atoms with E-state index in [0.29, 0.717) is 12.8 Å². The van der Waals surface area contributed by atoms with Crippen LogP contribution in [-0.2, 0) is 6.42 Å². The molecule has 0 radical (unpaired) electrons. The molecule has 0 aliphatic rings. The number of benzene rings is 1. The molecule has 1 aromatic heterocycles. The van der Waals surface area contributed by atoms with Gasteiger partial charge in [-0.05, 0) is 50.5 Å². The number of halogens is 1. The summed E-state index contributed by atoms with van der Waals surface area (Å²) in [6.45, 7) is 3.52. The van der Waals surface area contributed by atoms with E-state index in [0.717, 1.165) is 16.5 Å². The maximum absolute atomic E-state index is 13.2. The first-order valence-corrected chi connectivity index (χ1v) is 5.64. The summed E-state index contributed by atoms with van der Waals surface area (Å²) in [4.78, 5) is 0. The van der Waals surface area contributed by atoms with Crippen molar-refractivity contribution in [3.8, 4) is 0 Å². The van der Waals surface area contributed by atoms with Gasteiger partial charge < -0.3 is 10.9 Å². The van der Waals surface area contributed by atoms with E-state index in [1.54, 1.807) is 26.1 Å². The molecule has 1 heterocycles. The van der Waals surface area contributed by atoms with Gasteiger partial charge in [-0.1, -0.05) is 0 Å². The highest BCUT2D eigenvalue weighted by Gasteiger charge is 2.15. The number of nitrogens with two attached hydrogens (primary N) is 1. The van der Waals surface area contributed by atoms with Crippen molar-refractivity contribution in [2.75, 3.05) is 5.84 Å². The topological polar surface area (TPSA) is 51.2 Å². The van der Waals surface area contributed by atoms with Gasteiger partial charge in [0, 0.05) is 11.6 Å². The van der Waals surface area contributed by atoms with Gasteiger partial charge in [0.05, 0.1) is 11.1 Å². The van der Waals surface area contributed by atoms with Gasteiger partial charge in [0.1, 0.15) is 5.82 Å². The Morgan fingerprint density at radius 3 is 2.76 bits per heavy atom. The van der Waals surface area contributed by atoms with Crippen molar-refractivity contribution < 1.29 is 9.50 Å². The largest absolute Gasteiger partial charge is 0.390 e. The molecule has 3 N–H and O–H groups in total. The van der Waals surface area contributed by atoms with Gasteiger partial charge in [0.2, 0.25) is 0 Å². The molecule has 4 heteroatoms. The van der Waals surface area contributed by atoms with E-state index >= 15 is 0 Å². The van der Waals surface area contributed by atoms with E-state index in [2.05, 4.69) is 0 Å². The maximum atomic E-state index is 13.2. The first kappa shape index (κ1) is 11.9. The van der Waals surface area contributed by atoms with Crippen LogP contribution in [0.2, 0.25) is 0 Å². The third-order valence-electron chi connectivity index (χ3n) is 2.88. The molecule has 92 valence electrons. The summed E-state index contributed by atoms with van der Waals surface area (Å²) in [5.41, 5.74) is 1.04. The number of hydrogen-bond donors (Lipinski definition) is 2. The van der Waals surface area contributed by atoms with Gasteiger partial charge in [-0.15, -0.1) is 0 Å². The zero-order chi connectivity index (χ0) is 12.6. The van der Waals surface area contributed by atoms with E-state index in [9.17, 15) is 9.50 Å². The van der Waals surface area contributed by atoms with Gasteiger partial charge in [-0.3, -0.25) is 4.68 Å². The zero-order valence-corrected chi connectivity index (χ0v) is 10.1. The van der Waals surface area contributed by atoms with Crippen molar-refractivity contribution in [2.24, 2.45) is 0 Å². The lowest BCUT2D eigenvalue weighted by molar-refractivity contribution is 0.0715. The highest BCUT2D eigenvalue weighted by molar-refractivity contribution is 5.84. The van der Waals surface area contributed by atoms with Gasteiger partial charge in [-0.25, -0.2) is 4.39 Å². The first-order valence-electron chi connectivity index (χ1n) is 5.64. The van der Waals surface area contributed by atoms with Gasteiger partial charge in [0.25, 0.3) is 0 Å². The molecule has 0 spiro atoms. The van der Waals surface area contributed by atoms with Crippen LogP contribution in [0.4, 0.5) is 4.39 Å². The fourth-order valence-electron chi connectivity index (χ4n) is 1.94. The minimum absolute atomic E-state index is 0.270. The second-order valence-electron chi connectivity index (χ2n) is 5.04. The number of nitrogen functional groups attached to an aromatic ring is 1. The lowest BCUT2D eigenvalue weighted by Crippen LogP contribution is -2.19. The molecule has 0 bridgehead atoms. The summed E-state index contributed by atoms with van der Waals surface area (Å²) in [5, 5.41) is 10.5. The molecule has 0 saturated heterocycles.